The van der Waals surface area contributed by atoms with Crippen LogP contribution in [0.4, 0.5) is 5.69 Å². The maximum absolute atomic E-state index is 12.8. The monoisotopic (exact) mass is 411 g/mol. The zero-order valence-corrected chi connectivity index (χ0v) is 18.3. The van der Waals surface area contributed by atoms with Gasteiger partial charge < -0.3 is 5.32 Å². The first kappa shape index (κ1) is 19.4. The van der Waals surface area contributed by atoms with Crippen LogP contribution in [0.5, 0.6) is 0 Å². The molecule has 0 aliphatic heterocycles. The number of carbonyl (C=O) groups excluding carboxylic acids is 1. The van der Waals surface area contributed by atoms with Gasteiger partial charge >= 0.3 is 0 Å². The summed E-state index contributed by atoms with van der Waals surface area (Å²) in [7, 11) is 0. The van der Waals surface area contributed by atoms with Gasteiger partial charge in [0.2, 0.25) is 5.91 Å². The third kappa shape index (κ3) is 3.80. The van der Waals surface area contributed by atoms with Crippen molar-refractivity contribution in [2.24, 2.45) is 5.92 Å². The fraction of sp³-hybridized carbons (Fsp3) is 0.409. The number of rotatable bonds is 4. The molecule has 0 saturated carbocycles. The number of fused-ring (bicyclic) bond motifs is 3. The molecular weight excluding hydrogens is 386 g/mol. The molecule has 0 fully saturated rings. The zero-order valence-electron chi connectivity index (χ0n) is 16.7. The molecule has 1 amide bonds. The van der Waals surface area contributed by atoms with Gasteiger partial charge in [-0.15, -0.1) is 11.3 Å². The van der Waals surface area contributed by atoms with Gasteiger partial charge in [0.05, 0.1) is 5.25 Å². The summed E-state index contributed by atoms with van der Waals surface area (Å²) in [5, 5.41) is 4.93. The number of aromatic nitrogens is 2. The minimum atomic E-state index is -0.239. The molecule has 28 heavy (non-hydrogen) atoms. The Morgan fingerprint density at radius 1 is 1.32 bits per heavy atom. The Hall–Kier alpha value is -1.92. The maximum atomic E-state index is 12.8. The fourth-order valence-corrected chi connectivity index (χ4v) is 6.11. The highest BCUT2D eigenvalue weighted by atomic mass is 32.2. The average Bonchev–Trinajstić information content (AvgIpc) is 3.02. The largest absolute Gasteiger partial charge is 0.325 e. The van der Waals surface area contributed by atoms with Gasteiger partial charge in [0.25, 0.3) is 0 Å². The predicted octanol–water partition coefficient (Wildman–Crippen LogP) is 5.55. The van der Waals surface area contributed by atoms with E-state index < -0.39 is 0 Å². The Bertz CT molecular complexity index is 1040. The molecule has 4 nitrogen and oxygen atoms in total. The minimum absolute atomic E-state index is 0.00133. The summed E-state index contributed by atoms with van der Waals surface area (Å²) >= 11 is 3.33. The molecule has 4 rings (SSSR count). The van der Waals surface area contributed by atoms with E-state index in [1.807, 2.05) is 26.0 Å². The molecule has 0 radical (unpaired) electrons. The number of hydrogen-bond acceptors (Lipinski definition) is 5. The lowest BCUT2D eigenvalue weighted by atomic mass is 9.89. The summed E-state index contributed by atoms with van der Waals surface area (Å²) in [4.78, 5) is 24.3. The molecule has 2 atom stereocenters. The first-order chi connectivity index (χ1) is 13.4. The molecule has 1 aromatic carbocycles. The summed E-state index contributed by atoms with van der Waals surface area (Å²) in [6.45, 7) is 8.33. The van der Waals surface area contributed by atoms with E-state index >= 15 is 0 Å². The van der Waals surface area contributed by atoms with Gasteiger partial charge in [-0.1, -0.05) is 36.4 Å². The number of amides is 1. The number of benzene rings is 1. The second-order valence-electron chi connectivity index (χ2n) is 7.78. The molecule has 1 aliphatic carbocycles. The van der Waals surface area contributed by atoms with E-state index in [1.165, 1.54) is 39.6 Å². The Kier molecular flexibility index (Phi) is 5.43. The van der Waals surface area contributed by atoms with E-state index in [-0.39, 0.29) is 11.2 Å². The van der Waals surface area contributed by atoms with Crippen LogP contribution in [0, 0.1) is 19.8 Å². The zero-order chi connectivity index (χ0) is 19.8. The number of nitrogens with one attached hydrogen (secondary N) is 1. The summed E-state index contributed by atoms with van der Waals surface area (Å²) in [5.74, 6) is 0.730. The van der Waals surface area contributed by atoms with Crippen LogP contribution < -0.4 is 5.32 Å². The molecule has 0 bridgehead atoms. The highest BCUT2D eigenvalue weighted by Gasteiger charge is 2.25. The van der Waals surface area contributed by atoms with Crippen LogP contribution in [0.1, 0.15) is 41.8 Å². The first-order valence-electron chi connectivity index (χ1n) is 9.72. The van der Waals surface area contributed by atoms with Crippen molar-refractivity contribution in [3.63, 3.8) is 0 Å². The van der Waals surface area contributed by atoms with Crippen LogP contribution in [-0.2, 0) is 17.6 Å². The van der Waals surface area contributed by atoms with Crippen molar-refractivity contribution in [3.8, 4) is 0 Å². The van der Waals surface area contributed by atoms with E-state index in [4.69, 9.17) is 0 Å². The average molecular weight is 412 g/mol. The van der Waals surface area contributed by atoms with Crippen molar-refractivity contribution in [3.05, 3.63) is 46.1 Å². The standard InChI is InChI=1S/C22H25N3OS2/c1-12-6-8-17(14(3)9-12)25-20(26)15(4)27-21-19-16-7-5-13(2)10-18(16)28-22(19)24-11-23-21/h6,8-9,11,13,15H,5,7,10H2,1-4H3,(H,25,26)/t13-,15+/m1/s1. The van der Waals surface area contributed by atoms with Gasteiger partial charge in [0.1, 0.15) is 16.2 Å². The molecular formula is C22H25N3OS2. The summed E-state index contributed by atoms with van der Waals surface area (Å²) in [6, 6.07) is 6.08. The molecule has 0 spiro atoms. The lowest BCUT2D eigenvalue weighted by molar-refractivity contribution is -0.115. The molecule has 0 saturated heterocycles. The van der Waals surface area contributed by atoms with Crippen molar-refractivity contribution >= 4 is 44.9 Å². The quantitative estimate of drug-likeness (QED) is 0.451. The van der Waals surface area contributed by atoms with E-state index in [2.05, 4.69) is 35.2 Å². The number of aryl methyl sites for hydroxylation is 3. The van der Waals surface area contributed by atoms with Gasteiger partial charge in [-0.2, -0.15) is 0 Å². The smallest absolute Gasteiger partial charge is 0.237 e. The minimum Gasteiger partial charge on any atom is -0.325 e. The summed E-state index contributed by atoms with van der Waals surface area (Å²) < 4.78 is 0. The van der Waals surface area contributed by atoms with Gasteiger partial charge in [-0.25, -0.2) is 9.97 Å². The normalized spacial score (nSPS) is 17.4. The van der Waals surface area contributed by atoms with Crippen molar-refractivity contribution in [1.82, 2.24) is 9.97 Å². The number of nitrogens with zero attached hydrogens (tertiary/aromatic N) is 2. The van der Waals surface area contributed by atoms with Crippen molar-refractivity contribution in [2.75, 3.05) is 5.32 Å². The molecule has 0 unspecified atom stereocenters. The SMILES string of the molecule is Cc1ccc(NC(=O)[C@H](C)Sc2ncnc3sc4c(c23)CC[C@@H](C)C4)c(C)c1. The topological polar surface area (TPSA) is 54.9 Å². The van der Waals surface area contributed by atoms with E-state index in [1.54, 1.807) is 17.7 Å². The lowest BCUT2D eigenvalue weighted by Crippen LogP contribution is -2.23. The second-order valence-corrected chi connectivity index (χ2v) is 10.2. The molecule has 3 aromatic rings. The van der Waals surface area contributed by atoms with Crippen LogP contribution in [0.2, 0.25) is 0 Å². The molecule has 6 heteroatoms. The number of thiophene rings is 1. The Morgan fingerprint density at radius 2 is 2.14 bits per heavy atom. The molecule has 1 N–H and O–H groups in total. The van der Waals surface area contributed by atoms with Gasteiger partial charge in [0, 0.05) is 16.0 Å². The third-order valence-electron chi connectivity index (χ3n) is 5.35. The maximum Gasteiger partial charge on any atom is 0.237 e. The second kappa shape index (κ2) is 7.84. The summed E-state index contributed by atoms with van der Waals surface area (Å²) in [5.41, 5.74) is 4.55. The van der Waals surface area contributed by atoms with Gasteiger partial charge in [0.15, 0.2) is 0 Å². The van der Waals surface area contributed by atoms with Crippen LogP contribution in [0.25, 0.3) is 10.2 Å². The Balaban J connectivity index is 1.56. The number of hydrogen-bond donors (Lipinski definition) is 1. The highest BCUT2D eigenvalue weighted by Crippen LogP contribution is 2.41. The van der Waals surface area contributed by atoms with Crippen molar-refractivity contribution in [2.45, 2.75) is 57.2 Å². The van der Waals surface area contributed by atoms with E-state index in [9.17, 15) is 4.79 Å². The van der Waals surface area contributed by atoms with Crippen molar-refractivity contribution in [1.29, 1.82) is 0 Å². The number of anilines is 1. The fourth-order valence-electron chi connectivity index (χ4n) is 3.74. The molecule has 2 heterocycles. The Morgan fingerprint density at radius 3 is 2.93 bits per heavy atom. The molecule has 1 aliphatic rings. The Labute approximate surface area is 174 Å². The third-order valence-corrected chi connectivity index (χ3v) is 7.62. The van der Waals surface area contributed by atoms with E-state index in [0.717, 1.165) is 39.9 Å². The summed E-state index contributed by atoms with van der Waals surface area (Å²) in [6.07, 6.45) is 5.05. The van der Waals surface area contributed by atoms with Gasteiger partial charge in [-0.3, -0.25) is 4.79 Å². The number of carbonyl (C=O) groups is 1. The predicted molar refractivity (Wildman–Crippen MR) is 118 cm³/mol. The molecule has 2 aromatic heterocycles. The molecule has 146 valence electrons. The van der Waals surface area contributed by atoms with Crippen LogP contribution in [-0.4, -0.2) is 21.1 Å². The van der Waals surface area contributed by atoms with Crippen LogP contribution in [0.15, 0.2) is 29.6 Å². The van der Waals surface area contributed by atoms with Crippen molar-refractivity contribution < 1.29 is 4.79 Å². The van der Waals surface area contributed by atoms with E-state index in [0.29, 0.717) is 0 Å². The highest BCUT2D eigenvalue weighted by molar-refractivity contribution is 8.00. The van der Waals surface area contributed by atoms with Crippen LogP contribution in [0.3, 0.4) is 0 Å². The first-order valence-corrected chi connectivity index (χ1v) is 11.4. The van der Waals surface area contributed by atoms with Gasteiger partial charge in [-0.05, 0) is 63.1 Å². The lowest BCUT2D eigenvalue weighted by Gasteiger charge is -2.18. The van der Waals surface area contributed by atoms with Crippen LogP contribution >= 0.6 is 23.1 Å². The number of thioether (sulfide) groups is 1.